The Morgan fingerprint density at radius 1 is 1.26 bits per heavy atom. The Kier molecular flexibility index (Phi) is 5.87. The SMILES string of the molecule is C=CCn1c(SCc2cccc([N+](=O)[O-])c2)nnc1-c1ccc(OC)cc1. The summed E-state index contributed by atoms with van der Waals surface area (Å²) < 4.78 is 7.16. The number of hydrogen-bond donors (Lipinski definition) is 0. The summed E-state index contributed by atoms with van der Waals surface area (Å²) in [6, 6.07) is 14.2. The number of methoxy groups -OCH3 is 1. The lowest BCUT2D eigenvalue weighted by molar-refractivity contribution is -0.384. The third-order valence-corrected chi connectivity index (χ3v) is 4.90. The van der Waals surface area contributed by atoms with Crippen molar-refractivity contribution >= 4 is 17.4 Å². The molecule has 8 heteroatoms. The molecule has 2 aromatic carbocycles. The standard InChI is InChI=1S/C19H18N4O3S/c1-3-11-22-18(15-7-9-17(26-2)10-8-15)20-21-19(22)27-13-14-5-4-6-16(12-14)23(24)25/h3-10,12H,1,11,13H2,2H3. The van der Waals surface area contributed by atoms with Gasteiger partial charge >= 0.3 is 0 Å². The summed E-state index contributed by atoms with van der Waals surface area (Å²) in [4.78, 5) is 10.5. The highest BCUT2D eigenvalue weighted by Crippen LogP contribution is 2.28. The van der Waals surface area contributed by atoms with Gasteiger partial charge in [-0.25, -0.2) is 0 Å². The first-order chi connectivity index (χ1) is 13.1. The fourth-order valence-electron chi connectivity index (χ4n) is 2.55. The zero-order valence-electron chi connectivity index (χ0n) is 14.7. The largest absolute Gasteiger partial charge is 0.497 e. The Balaban J connectivity index is 1.83. The summed E-state index contributed by atoms with van der Waals surface area (Å²) >= 11 is 1.48. The number of hydrogen-bond acceptors (Lipinski definition) is 6. The van der Waals surface area contributed by atoms with Gasteiger partial charge in [0.1, 0.15) is 5.75 Å². The van der Waals surface area contributed by atoms with Gasteiger partial charge in [0.25, 0.3) is 5.69 Å². The molecular formula is C19H18N4O3S. The highest BCUT2D eigenvalue weighted by molar-refractivity contribution is 7.98. The molecule has 1 heterocycles. The Hall–Kier alpha value is -3.13. The third kappa shape index (κ3) is 4.35. The van der Waals surface area contributed by atoms with Crippen molar-refractivity contribution < 1.29 is 9.66 Å². The predicted molar refractivity (Wildman–Crippen MR) is 105 cm³/mol. The van der Waals surface area contributed by atoms with Crippen molar-refractivity contribution in [2.45, 2.75) is 17.5 Å². The molecule has 0 saturated carbocycles. The van der Waals surface area contributed by atoms with Crippen LogP contribution in [0.5, 0.6) is 5.75 Å². The van der Waals surface area contributed by atoms with Crippen LogP contribution in [0.1, 0.15) is 5.56 Å². The van der Waals surface area contributed by atoms with Gasteiger partial charge in [-0.05, 0) is 29.8 Å². The molecule has 0 unspecified atom stereocenters. The number of allylic oxidation sites excluding steroid dienone is 1. The number of nitrogens with zero attached hydrogens (tertiary/aromatic N) is 4. The maximum absolute atomic E-state index is 10.9. The van der Waals surface area contributed by atoms with Crippen molar-refractivity contribution in [2.75, 3.05) is 7.11 Å². The Bertz CT molecular complexity index is 954. The molecule has 3 aromatic rings. The number of aromatic nitrogens is 3. The number of nitro groups is 1. The summed E-state index contributed by atoms with van der Waals surface area (Å²) in [6.45, 7) is 4.37. The van der Waals surface area contributed by atoms with Crippen LogP contribution in [0.15, 0.2) is 66.3 Å². The number of nitro benzene ring substituents is 1. The second kappa shape index (κ2) is 8.50. The Morgan fingerprint density at radius 3 is 2.70 bits per heavy atom. The summed E-state index contributed by atoms with van der Waals surface area (Å²) in [6.07, 6.45) is 1.79. The van der Waals surface area contributed by atoms with Crippen molar-refractivity contribution in [1.82, 2.24) is 14.8 Å². The average Bonchev–Trinajstić information content (AvgIpc) is 3.09. The third-order valence-electron chi connectivity index (χ3n) is 3.87. The van der Waals surface area contributed by atoms with E-state index < -0.39 is 4.92 Å². The van der Waals surface area contributed by atoms with E-state index in [0.29, 0.717) is 12.3 Å². The molecule has 7 nitrogen and oxygen atoms in total. The lowest BCUT2D eigenvalue weighted by Crippen LogP contribution is -2.00. The topological polar surface area (TPSA) is 83.1 Å². The Morgan fingerprint density at radius 2 is 2.04 bits per heavy atom. The first-order valence-electron chi connectivity index (χ1n) is 8.17. The van der Waals surface area contributed by atoms with Crippen LogP contribution >= 0.6 is 11.8 Å². The summed E-state index contributed by atoms with van der Waals surface area (Å²) in [5.41, 5.74) is 1.86. The van der Waals surface area contributed by atoms with E-state index in [0.717, 1.165) is 27.9 Å². The molecule has 0 aliphatic heterocycles. The van der Waals surface area contributed by atoms with E-state index in [1.54, 1.807) is 25.3 Å². The molecule has 3 rings (SSSR count). The predicted octanol–water partition coefficient (Wildman–Crippen LogP) is 4.34. The first kappa shape index (κ1) is 18.7. The number of rotatable bonds is 8. The van der Waals surface area contributed by atoms with Gasteiger partial charge in [0.05, 0.1) is 12.0 Å². The quantitative estimate of drug-likeness (QED) is 0.249. The zero-order chi connectivity index (χ0) is 19.2. The van der Waals surface area contributed by atoms with Crippen LogP contribution < -0.4 is 4.74 Å². The first-order valence-corrected chi connectivity index (χ1v) is 9.15. The fraction of sp³-hybridized carbons (Fsp3) is 0.158. The van der Waals surface area contributed by atoms with Crippen molar-refractivity contribution in [1.29, 1.82) is 0 Å². The number of benzene rings is 2. The molecule has 0 spiro atoms. The number of non-ortho nitro benzene ring substituents is 1. The average molecular weight is 382 g/mol. The minimum absolute atomic E-state index is 0.0829. The Labute approximate surface area is 160 Å². The van der Waals surface area contributed by atoms with Gasteiger partial charge in [-0.3, -0.25) is 14.7 Å². The van der Waals surface area contributed by atoms with Crippen LogP contribution in [-0.2, 0) is 12.3 Å². The van der Waals surface area contributed by atoms with E-state index in [-0.39, 0.29) is 5.69 Å². The van der Waals surface area contributed by atoms with Crippen LogP contribution in [0.3, 0.4) is 0 Å². The highest BCUT2D eigenvalue weighted by Gasteiger charge is 2.14. The molecule has 138 valence electrons. The molecular weight excluding hydrogens is 364 g/mol. The molecule has 0 aliphatic rings. The maximum Gasteiger partial charge on any atom is 0.269 e. The molecule has 0 atom stereocenters. The van der Waals surface area contributed by atoms with Gasteiger partial charge in [0, 0.05) is 30.0 Å². The van der Waals surface area contributed by atoms with Crippen LogP contribution in [0.2, 0.25) is 0 Å². The minimum atomic E-state index is -0.393. The van der Waals surface area contributed by atoms with E-state index in [4.69, 9.17) is 4.74 Å². The maximum atomic E-state index is 10.9. The number of ether oxygens (including phenoxy) is 1. The van der Waals surface area contributed by atoms with Crippen molar-refractivity contribution in [3.63, 3.8) is 0 Å². The molecule has 0 saturated heterocycles. The van der Waals surface area contributed by atoms with Crippen molar-refractivity contribution in [3.8, 4) is 17.1 Å². The van der Waals surface area contributed by atoms with E-state index in [9.17, 15) is 10.1 Å². The van der Waals surface area contributed by atoms with E-state index in [2.05, 4.69) is 16.8 Å². The minimum Gasteiger partial charge on any atom is -0.497 e. The van der Waals surface area contributed by atoms with Crippen molar-refractivity contribution in [2.24, 2.45) is 0 Å². The fourth-order valence-corrected chi connectivity index (χ4v) is 3.44. The summed E-state index contributed by atoms with van der Waals surface area (Å²) in [7, 11) is 1.62. The highest BCUT2D eigenvalue weighted by atomic mass is 32.2. The second-order valence-electron chi connectivity index (χ2n) is 5.65. The molecule has 27 heavy (non-hydrogen) atoms. The van der Waals surface area contributed by atoms with Gasteiger partial charge in [-0.2, -0.15) is 0 Å². The molecule has 0 radical (unpaired) electrons. The molecule has 0 N–H and O–H groups in total. The normalized spacial score (nSPS) is 10.6. The van der Waals surface area contributed by atoms with Gasteiger partial charge in [0.15, 0.2) is 11.0 Å². The molecule has 0 fully saturated rings. The van der Waals surface area contributed by atoms with E-state index in [1.165, 1.54) is 17.8 Å². The molecule has 1 aromatic heterocycles. The van der Waals surface area contributed by atoms with Gasteiger partial charge < -0.3 is 4.74 Å². The second-order valence-corrected chi connectivity index (χ2v) is 6.59. The molecule has 0 bridgehead atoms. The van der Waals surface area contributed by atoms with Crippen molar-refractivity contribution in [3.05, 3.63) is 76.9 Å². The van der Waals surface area contributed by atoms with Crippen LogP contribution in [0.25, 0.3) is 11.4 Å². The van der Waals surface area contributed by atoms with Crippen LogP contribution in [0.4, 0.5) is 5.69 Å². The van der Waals surface area contributed by atoms with Gasteiger partial charge in [0.2, 0.25) is 0 Å². The summed E-state index contributed by atoms with van der Waals surface area (Å²) in [5.74, 6) is 2.06. The number of thioether (sulfide) groups is 1. The summed E-state index contributed by atoms with van der Waals surface area (Å²) in [5, 5.41) is 20.3. The smallest absolute Gasteiger partial charge is 0.269 e. The van der Waals surface area contributed by atoms with Crippen LogP contribution in [0, 0.1) is 10.1 Å². The van der Waals surface area contributed by atoms with Gasteiger partial charge in [-0.15, -0.1) is 16.8 Å². The van der Waals surface area contributed by atoms with E-state index in [1.807, 2.05) is 34.9 Å². The zero-order valence-corrected chi connectivity index (χ0v) is 15.6. The molecule has 0 amide bonds. The van der Waals surface area contributed by atoms with Crippen LogP contribution in [-0.4, -0.2) is 26.8 Å². The monoisotopic (exact) mass is 382 g/mol. The lowest BCUT2D eigenvalue weighted by Gasteiger charge is -2.08. The molecule has 0 aliphatic carbocycles. The van der Waals surface area contributed by atoms with Gasteiger partial charge in [-0.1, -0.05) is 30.0 Å². The van der Waals surface area contributed by atoms with E-state index >= 15 is 0 Å². The lowest BCUT2D eigenvalue weighted by atomic mass is 10.2.